The lowest BCUT2D eigenvalue weighted by Crippen LogP contribution is -2.39. The molecule has 1 aliphatic rings. The molecule has 0 aromatic heterocycles. The van der Waals surface area contributed by atoms with Crippen molar-refractivity contribution in [1.82, 2.24) is 10.6 Å². The van der Waals surface area contributed by atoms with Gasteiger partial charge in [0.05, 0.1) is 13.2 Å². The van der Waals surface area contributed by atoms with E-state index in [-0.39, 0.29) is 12.5 Å². The summed E-state index contributed by atoms with van der Waals surface area (Å²) in [6.45, 7) is 5.38. The maximum absolute atomic E-state index is 9.76. The zero-order valence-corrected chi connectivity index (χ0v) is 17.0. The van der Waals surface area contributed by atoms with Gasteiger partial charge in [-0.15, -0.1) is 0 Å². The van der Waals surface area contributed by atoms with Crippen LogP contribution in [0.25, 0.3) is 0 Å². The van der Waals surface area contributed by atoms with E-state index in [1.54, 1.807) is 0 Å². The van der Waals surface area contributed by atoms with Gasteiger partial charge in [-0.2, -0.15) is 0 Å². The van der Waals surface area contributed by atoms with E-state index >= 15 is 0 Å². The molecule has 28 heavy (non-hydrogen) atoms. The Kier molecular flexibility index (Phi) is 7.31. The lowest BCUT2D eigenvalue weighted by atomic mass is 10.00. The van der Waals surface area contributed by atoms with E-state index in [0.29, 0.717) is 13.1 Å². The molecule has 1 aliphatic heterocycles. The largest absolute Gasteiger partial charge is 0.396 e. The van der Waals surface area contributed by atoms with Crippen molar-refractivity contribution in [2.45, 2.75) is 32.2 Å². The number of aliphatic hydroxyl groups is 1. The van der Waals surface area contributed by atoms with E-state index < -0.39 is 0 Å². The van der Waals surface area contributed by atoms with Crippen LogP contribution in [0.5, 0.6) is 0 Å². The van der Waals surface area contributed by atoms with E-state index in [1.165, 1.54) is 23.2 Å². The minimum Gasteiger partial charge on any atom is -0.396 e. The van der Waals surface area contributed by atoms with E-state index in [1.807, 2.05) is 18.2 Å². The smallest absolute Gasteiger partial charge is 0.191 e. The third-order valence-electron chi connectivity index (χ3n) is 5.27. The third kappa shape index (κ3) is 5.26. The number of aliphatic imine (C=N–C) groups is 1. The van der Waals surface area contributed by atoms with Crippen molar-refractivity contribution >= 4 is 11.6 Å². The molecule has 0 amide bonds. The Hall–Kier alpha value is -2.53. The number of nitrogens with zero attached hydrogens (tertiary/aromatic N) is 2. The molecule has 0 bridgehead atoms. The minimum absolute atomic E-state index is 0.0457. The van der Waals surface area contributed by atoms with Crippen LogP contribution in [0, 0.1) is 0 Å². The van der Waals surface area contributed by atoms with Gasteiger partial charge >= 0.3 is 0 Å². The summed E-state index contributed by atoms with van der Waals surface area (Å²) in [5.74, 6) is 0.830. The van der Waals surface area contributed by atoms with Gasteiger partial charge in [-0.05, 0) is 42.5 Å². The molecule has 0 fully saturated rings. The van der Waals surface area contributed by atoms with Gasteiger partial charge in [-0.25, -0.2) is 4.99 Å². The monoisotopic (exact) mass is 380 g/mol. The standard InChI is InChI=1S/C23H32N4O/c1-3-24-23(26-16-21(17-28)19-8-5-4-6-9-19)25-15-18-11-12-22-20(14-18)10-7-13-27(22)2/h4-6,8-9,11-12,14,21,28H,3,7,10,13,15-17H2,1-2H3,(H2,24,25,26). The molecule has 3 N–H and O–H groups in total. The van der Waals surface area contributed by atoms with Gasteiger partial charge in [0.2, 0.25) is 0 Å². The summed E-state index contributed by atoms with van der Waals surface area (Å²) in [6.07, 6.45) is 2.35. The molecule has 0 radical (unpaired) electrons. The van der Waals surface area contributed by atoms with Gasteiger partial charge in [0.15, 0.2) is 5.96 Å². The number of hydrogen-bond acceptors (Lipinski definition) is 3. The summed E-state index contributed by atoms with van der Waals surface area (Å²) in [7, 11) is 2.16. The molecule has 1 unspecified atom stereocenters. The molecule has 0 saturated carbocycles. The Bertz CT molecular complexity index is 775. The normalized spacial score (nSPS) is 15.1. The van der Waals surface area contributed by atoms with Crippen LogP contribution in [0.2, 0.25) is 0 Å². The fourth-order valence-electron chi connectivity index (χ4n) is 3.68. The first-order valence-corrected chi connectivity index (χ1v) is 10.2. The number of guanidine groups is 1. The Balaban J connectivity index is 1.64. The SMILES string of the molecule is CCNC(=NCc1ccc2c(c1)CCCN2C)NCC(CO)c1ccccc1. The van der Waals surface area contributed by atoms with Gasteiger partial charge in [0.25, 0.3) is 0 Å². The molecule has 3 rings (SSSR count). The van der Waals surface area contributed by atoms with E-state index in [2.05, 4.69) is 59.8 Å². The molecule has 2 aromatic rings. The highest BCUT2D eigenvalue weighted by atomic mass is 16.3. The van der Waals surface area contributed by atoms with Crippen molar-refractivity contribution in [3.8, 4) is 0 Å². The number of benzene rings is 2. The van der Waals surface area contributed by atoms with Gasteiger partial charge in [0, 0.05) is 38.3 Å². The van der Waals surface area contributed by atoms with Gasteiger partial charge in [0.1, 0.15) is 0 Å². The molecular weight excluding hydrogens is 348 g/mol. The van der Waals surface area contributed by atoms with Crippen LogP contribution in [-0.2, 0) is 13.0 Å². The molecule has 5 heteroatoms. The number of fused-ring (bicyclic) bond motifs is 1. The maximum atomic E-state index is 9.76. The van der Waals surface area contributed by atoms with Gasteiger partial charge < -0.3 is 20.6 Å². The van der Waals surface area contributed by atoms with Crippen molar-refractivity contribution in [3.05, 3.63) is 65.2 Å². The molecule has 5 nitrogen and oxygen atoms in total. The number of aliphatic hydroxyl groups excluding tert-OH is 1. The first kappa shape index (κ1) is 20.2. The second-order valence-electron chi connectivity index (χ2n) is 7.35. The summed E-state index contributed by atoms with van der Waals surface area (Å²) in [5.41, 5.74) is 5.13. The predicted octanol–water partition coefficient (Wildman–Crippen LogP) is 2.90. The van der Waals surface area contributed by atoms with Crippen LogP contribution < -0.4 is 15.5 Å². The lowest BCUT2D eigenvalue weighted by Gasteiger charge is -2.27. The highest BCUT2D eigenvalue weighted by molar-refractivity contribution is 5.79. The molecule has 0 spiro atoms. The quantitative estimate of drug-likeness (QED) is 0.511. The summed E-state index contributed by atoms with van der Waals surface area (Å²) in [6, 6.07) is 16.8. The van der Waals surface area contributed by atoms with Crippen molar-refractivity contribution in [2.24, 2.45) is 4.99 Å². The summed E-state index contributed by atoms with van der Waals surface area (Å²) in [4.78, 5) is 7.08. The highest BCUT2D eigenvalue weighted by Gasteiger charge is 2.14. The fourth-order valence-corrected chi connectivity index (χ4v) is 3.68. The molecule has 0 saturated heterocycles. The van der Waals surface area contributed by atoms with Crippen LogP contribution >= 0.6 is 0 Å². The average Bonchev–Trinajstić information content (AvgIpc) is 2.73. The zero-order valence-electron chi connectivity index (χ0n) is 17.0. The number of anilines is 1. The van der Waals surface area contributed by atoms with Crippen molar-refractivity contribution < 1.29 is 5.11 Å². The number of aryl methyl sites for hydroxylation is 1. The summed E-state index contributed by atoms with van der Waals surface area (Å²) < 4.78 is 0. The van der Waals surface area contributed by atoms with Gasteiger partial charge in [-0.1, -0.05) is 42.5 Å². The average molecular weight is 381 g/mol. The molecule has 2 aromatic carbocycles. The maximum Gasteiger partial charge on any atom is 0.191 e. The molecule has 150 valence electrons. The van der Waals surface area contributed by atoms with Crippen LogP contribution in [0.3, 0.4) is 0 Å². The Morgan fingerprint density at radius 1 is 1.18 bits per heavy atom. The predicted molar refractivity (Wildman–Crippen MR) is 117 cm³/mol. The molecular formula is C23H32N4O. The first-order valence-electron chi connectivity index (χ1n) is 10.2. The van der Waals surface area contributed by atoms with E-state index in [0.717, 1.165) is 31.0 Å². The molecule has 0 aliphatic carbocycles. The van der Waals surface area contributed by atoms with Crippen molar-refractivity contribution in [3.63, 3.8) is 0 Å². The third-order valence-corrected chi connectivity index (χ3v) is 5.27. The fraction of sp³-hybridized carbons (Fsp3) is 0.435. The number of hydrogen-bond donors (Lipinski definition) is 3. The number of nitrogens with one attached hydrogen (secondary N) is 2. The first-order chi connectivity index (χ1) is 13.7. The lowest BCUT2D eigenvalue weighted by molar-refractivity contribution is 0.265. The Labute approximate surface area is 168 Å². The highest BCUT2D eigenvalue weighted by Crippen LogP contribution is 2.27. The van der Waals surface area contributed by atoms with E-state index in [9.17, 15) is 5.11 Å². The minimum atomic E-state index is 0.0457. The van der Waals surface area contributed by atoms with Crippen LogP contribution in [0.1, 0.15) is 36.0 Å². The van der Waals surface area contributed by atoms with Crippen molar-refractivity contribution in [1.29, 1.82) is 0 Å². The number of rotatable bonds is 7. The molecule has 1 atom stereocenters. The Morgan fingerprint density at radius 3 is 2.75 bits per heavy atom. The van der Waals surface area contributed by atoms with Gasteiger partial charge in [-0.3, -0.25) is 0 Å². The zero-order chi connectivity index (χ0) is 19.8. The topological polar surface area (TPSA) is 59.9 Å². The van der Waals surface area contributed by atoms with Crippen LogP contribution in [0.15, 0.2) is 53.5 Å². The molecule has 1 heterocycles. The van der Waals surface area contributed by atoms with Crippen LogP contribution in [-0.4, -0.2) is 44.4 Å². The van der Waals surface area contributed by atoms with E-state index in [4.69, 9.17) is 4.99 Å². The summed E-state index contributed by atoms with van der Waals surface area (Å²) >= 11 is 0. The Morgan fingerprint density at radius 2 is 2.00 bits per heavy atom. The second kappa shape index (κ2) is 10.1. The summed E-state index contributed by atoms with van der Waals surface area (Å²) in [5, 5.41) is 16.4. The van der Waals surface area contributed by atoms with Crippen LogP contribution in [0.4, 0.5) is 5.69 Å². The van der Waals surface area contributed by atoms with Crippen molar-refractivity contribution in [2.75, 3.05) is 38.2 Å². The second-order valence-corrected chi connectivity index (χ2v) is 7.35.